The van der Waals surface area contributed by atoms with Gasteiger partial charge in [0, 0.05) is 31.2 Å². The van der Waals surface area contributed by atoms with Crippen LogP contribution in [-0.4, -0.2) is 54.3 Å². The van der Waals surface area contributed by atoms with Gasteiger partial charge in [-0.1, -0.05) is 61.9 Å². The van der Waals surface area contributed by atoms with E-state index in [1.54, 1.807) is 0 Å². The second-order valence-electron chi connectivity index (χ2n) is 8.65. The molecule has 1 aliphatic rings. The number of amides is 2. The molecule has 2 aromatic rings. The predicted octanol–water partition coefficient (Wildman–Crippen LogP) is 4.66. The molecule has 0 aromatic heterocycles. The van der Waals surface area contributed by atoms with Gasteiger partial charge >= 0.3 is 12.1 Å². The molecule has 8 heteroatoms. The fourth-order valence-electron chi connectivity index (χ4n) is 4.39. The molecule has 0 saturated carbocycles. The van der Waals surface area contributed by atoms with Crippen LogP contribution < -0.4 is 10.6 Å². The first-order chi connectivity index (χ1) is 17.0. The van der Waals surface area contributed by atoms with Crippen molar-refractivity contribution in [3.05, 3.63) is 59.7 Å². The number of carboxylic acid groups (broad SMARTS) is 1. The molecule has 1 atom stereocenters. The monoisotopic (exact) mass is 498 g/mol. The van der Waals surface area contributed by atoms with E-state index in [2.05, 4.69) is 34.9 Å². The van der Waals surface area contributed by atoms with E-state index in [4.69, 9.17) is 9.84 Å². The molecular formula is C27H34N2O5S. The molecule has 2 aromatic carbocycles. The second-order valence-corrected chi connectivity index (χ2v) is 9.76. The highest BCUT2D eigenvalue weighted by atomic mass is 32.2. The standard InChI is InChI=1S/C27H34N2O5S/c1-2-19(11-12-26(31)32)13-14-28-25(30)18-35-16-15-29-27(33)34-17-24-22-9-5-3-7-20(22)21-8-4-6-10-23(21)24/h3-10,19,24H,2,11-18H2,1H3,(H,28,30)(H,29,33)(H,31,32). The van der Waals surface area contributed by atoms with Gasteiger partial charge in [-0.25, -0.2) is 4.79 Å². The Kier molecular flexibility index (Phi) is 10.5. The van der Waals surface area contributed by atoms with E-state index in [1.807, 2.05) is 31.2 Å². The maximum atomic E-state index is 12.2. The van der Waals surface area contributed by atoms with E-state index in [9.17, 15) is 14.4 Å². The Morgan fingerprint density at radius 1 is 0.971 bits per heavy atom. The summed E-state index contributed by atoms with van der Waals surface area (Å²) in [4.78, 5) is 34.9. The molecule has 3 N–H and O–H groups in total. The topological polar surface area (TPSA) is 105 Å². The molecule has 0 fully saturated rings. The number of carbonyl (C=O) groups excluding carboxylic acids is 2. The number of alkyl carbamates (subject to hydrolysis) is 1. The molecule has 0 saturated heterocycles. The molecule has 35 heavy (non-hydrogen) atoms. The summed E-state index contributed by atoms with van der Waals surface area (Å²) in [5, 5.41) is 14.4. The summed E-state index contributed by atoms with van der Waals surface area (Å²) in [7, 11) is 0. The number of hydrogen-bond donors (Lipinski definition) is 3. The normalized spacial score (nSPS) is 12.9. The SMILES string of the molecule is CCC(CCNC(=O)CSCCNC(=O)OCC1c2ccccc2-c2ccccc21)CCC(=O)O. The molecule has 0 spiro atoms. The number of carboxylic acids is 1. The van der Waals surface area contributed by atoms with Crippen molar-refractivity contribution in [2.24, 2.45) is 5.92 Å². The summed E-state index contributed by atoms with van der Waals surface area (Å²) >= 11 is 1.45. The number of rotatable bonds is 14. The Bertz CT molecular complexity index is 967. The van der Waals surface area contributed by atoms with Crippen LogP contribution in [0.4, 0.5) is 4.79 Å². The largest absolute Gasteiger partial charge is 0.481 e. The molecule has 3 rings (SSSR count). The molecule has 2 amide bonds. The molecule has 188 valence electrons. The zero-order valence-electron chi connectivity index (χ0n) is 20.1. The van der Waals surface area contributed by atoms with Gasteiger partial charge < -0.3 is 20.5 Å². The van der Waals surface area contributed by atoms with Gasteiger partial charge in [-0.3, -0.25) is 9.59 Å². The second kappa shape index (κ2) is 13.8. The Hall–Kier alpha value is -3.00. The molecule has 0 aliphatic heterocycles. The van der Waals surface area contributed by atoms with Crippen LogP contribution in [0.5, 0.6) is 0 Å². The van der Waals surface area contributed by atoms with Crippen LogP contribution in [-0.2, 0) is 14.3 Å². The van der Waals surface area contributed by atoms with Gasteiger partial charge in [-0.05, 0) is 41.0 Å². The van der Waals surface area contributed by atoms with Crippen LogP contribution in [0, 0.1) is 5.92 Å². The lowest BCUT2D eigenvalue weighted by Gasteiger charge is -2.14. The fraction of sp³-hybridized carbons (Fsp3) is 0.444. The molecular weight excluding hydrogens is 464 g/mol. The molecule has 0 heterocycles. The van der Waals surface area contributed by atoms with Crippen molar-refractivity contribution < 1.29 is 24.2 Å². The zero-order chi connectivity index (χ0) is 25.0. The average molecular weight is 499 g/mol. The van der Waals surface area contributed by atoms with Gasteiger partial charge in [-0.15, -0.1) is 0 Å². The summed E-state index contributed by atoms with van der Waals surface area (Å²) in [5.41, 5.74) is 4.74. The van der Waals surface area contributed by atoms with Crippen molar-refractivity contribution in [3.63, 3.8) is 0 Å². The van der Waals surface area contributed by atoms with Gasteiger partial charge in [0.15, 0.2) is 0 Å². The zero-order valence-corrected chi connectivity index (χ0v) is 20.9. The maximum absolute atomic E-state index is 12.2. The van der Waals surface area contributed by atoms with E-state index < -0.39 is 12.1 Å². The number of carbonyl (C=O) groups is 3. The first kappa shape index (κ1) is 26.6. The van der Waals surface area contributed by atoms with Gasteiger partial charge in [0.2, 0.25) is 5.91 Å². The Morgan fingerprint density at radius 3 is 2.26 bits per heavy atom. The number of fused-ring (bicyclic) bond motifs is 3. The van der Waals surface area contributed by atoms with Crippen molar-refractivity contribution in [2.45, 2.75) is 38.5 Å². The molecule has 0 radical (unpaired) electrons. The number of nitrogens with one attached hydrogen (secondary N) is 2. The lowest BCUT2D eigenvalue weighted by Crippen LogP contribution is -2.30. The Balaban J connectivity index is 1.28. The minimum Gasteiger partial charge on any atom is -0.481 e. The number of hydrogen-bond acceptors (Lipinski definition) is 5. The number of aliphatic carboxylic acids is 1. The van der Waals surface area contributed by atoms with Crippen LogP contribution in [0.2, 0.25) is 0 Å². The minimum atomic E-state index is -0.782. The molecule has 1 unspecified atom stereocenters. The van der Waals surface area contributed by atoms with E-state index in [0.29, 0.717) is 36.9 Å². The highest BCUT2D eigenvalue weighted by Gasteiger charge is 2.28. The van der Waals surface area contributed by atoms with Crippen LogP contribution in [0.1, 0.15) is 49.7 Å². The minimum absolute atomic E-state index is 0.0302. The lowest BCUT2D eigenvalue weighted by atomic mass is 9.97. The predicted molar refractivity (Wildman–Crippen MR) is 139 cm³/mol. The van der Waals surface area contributed by atoms with Gasteiger partial charge in [0.05, 0.1) is 5.75 Å². The van der Waals surface area contributed by atoms with E-state index in [-0.39, 0.29) is 24.9 Å². The highest BCUT2D eigenvalue weighted by Crippen LogP contribution is 2.44. The van der Waals surface area contributed by atoms with Crippen LogP contribution >= 0.6 is 11.8 Å². The summed E-state index contributed by atoms with van der Waals surface area (Å²) in [5.74, 6) is 0.425. The highest BCUT2D eigenvalue weighted by molar-refractivity contribution is 7.99. The number of ether oxygens (including phenoxy) is 1. The van der Waals surface area contributed by atoms with E-state index >= 15 is 0 Å². The maximum Gasteiger partial charge on any atom is 0.407 e. The van der Waals surface area contributed by atoms with Gasteiger partial charge in [0.25, 0.3) is 0 Å². The van der Waals surface area contributed by atoms with Crippen LogP contribution in [0.25, 0.3) is 11.1 Å². The third-order valence-electron chi connectivity index (χ3n) is 6.31. The van der Waals surface area contributed by atoms with Crippen molar-refractivity contribution >= 4 is 29.7 Å². The molecule has 1 aliphatic carbocycles. The Morgan fingerprint density at radius 2 is 1.63 bits per heavy atom. The first-order valence-electron chi connectivity index (χ1n) is 12.1. The third-order valence-corrected chi connectivity index (χ3v) is 7.27. The summed E-state index contributed by atoms with van der Waals surface area (Å²) in [6, 6.07) is 16.4. The summed E-state index contributed by atoms with van der Waals surface area (Å²) in [6.45, 7) is 3.28. The van der Waals surface area contributed by atoms with Crippen molar-refractivity contribution in [3.8, 4) is 11.1 Å². The fourth-order valence-corrected chi connectivity index (χ4v) is 5.06. The van der Waals surface area contributed by atoms with E-state index in [0.717, 1.165) is 12.8 Å². The van der Waals surface area contributed by atoms with Crippen LogP contribution in [0.3, 0.4) is 0 Å². The van der Waals surface area contributed by atoms with Crippen molar-refractivity contribution in [1.82, 2.24) is 10.6 Å². The Labute approximate surface area is 211 Å². The molecule has 0 bridgehead atoms. The summed E-state index contributed by atoms with van der Waals surface area (Å²) in [6.07, 6.45) is 2.03. The summed E-state index contributed by atoms with van der Waals surface area (Å²) < 4.78 is 5.51. The average Bonchev–Trinajstić information content (AvgIpc) is 3.18. The quantitative estimate of drug-likeness (QED) is 0.327. The van der Waals surface area contributed by atoms with Crippen molar-refractivity contribution in [2.75, 3.05) is 31.2 Å². The van der Waals surface area contributed by atoms with Gasteiger partial charge in [-0.2, -0.15) is 11.8 Å². The third kappa shape index (κ3) is 8.02. The number of thioether (sulfide) groups is 1. The van der Waals surface area contributed by atoms with Crippen LogP contribution in [0.15, 0.2) is 48.5 Å². The van der Waals surface area contributed by atoms with Gasteiger partial charge in [0.1, 0.15) is 6.61 Å². The first-order valence-corrected chi connectivity index (χ1v) is 13.3. The van der Waals surface area contributed by atoms with E-state index in [1.165, 1.54) is 34.0 Å². The lowest BCUT2D eigenvalue weighted by molar-refractivity contribution is -0.137. The number of benzene rings is 2. The molecule has 7 nitrogen and oxygen atoms in total. The van der Waals surface area contributed by atoms with Crippen molar-refractivity contribution in [1.29, 1.82) is 0 Å². The smallest absolute Gasteiger partial charge is 0.407 e.